The fraction of sp³-hybridized carbons (Fsp3) is 0.370. The Hall–Kier alpha value is -3.93. The molecule has 214 valence electrons. The Kier molecular flexibility index (Phi) is 7.09. The number of aryl methyl sites for hydroxylation is 1. The molecule has 0 radical (unpaired) electrons. The van der Waals surface area contributed by atoms with Crippen LogP contribution in [0, 0.1) is 17.1 Å². The van der Waals surface area contributed by atoms with Crippen LogP contribution < -0.4 is 14.5 Å². The summed E-state index contributed by atoms with van der Waals surface area (Å²) in [6.45, 7) is 4.93. The highest BCUT2D eigenvalue weighted by molar-refractivity contribution is 7.81. The Labute approximate surface area is 236 Å². The molecule has 1 amide bonds. The summed E-state index contributed by atoms with van der Waals surface area (Å²) in [6, 6.07) is 6.94. The lowest BCUT2D eigenvalue weighted by atomic mass is 10.0. The number of ether oxygens (including phenoxy) is 2. The van der Waals surface area contributed by atoms with E-state index in [1.807, 2.05) is 0 Å². The molecule has 2 saturated heterocycles. The minimum Gasteiger partial charge on any atom is -0.468 e. The molecular formula is C27H23F4N5O4S. The van der Waals surface area contributed by atoms with E-state index in [0.717, 1.165) is 17.0 Å². The largest absolute Gasteiger partial charge is 0.468 e. The third-order valence-corrected chi connectivity index (χ3v) is 7.31. The number of fused-ring (bicyclic) bond motifs is 1. The van der Waals surface area contributed by atoms with Crippen molar-refractivity contribution >= 4 is 45.5 Å². The van der Waals surface area contributed by atoms with Gasteiger partial charge in [0, 0.05) is 12.1 Å². The third-order valence-electron chi connectivity index (χ3n) is 6.94. The van der Waals surface area contributed by atoms with Crippen molar-refractivity contribution < 1.29 is 36.9 Å². The van der Waals surface area contributed by atoms with E-state index in [0.29, 0.717) is 18.3 Å². The second-order valence-electron chi connectivity index (χ2n) is 10.0. The SMILES string of the molecule is CCc1nc(O[C@H]2COC[C@@H]2O)c2cc(N3C(=S)N(c4ccc(C#N)c(C(F)(F)F)c4)C(=O)C3(C)C)cc(F)c2n1. The van der Waals surface area contributed by atoms with Crippen LogP contribution in [0.3, 0.4) is 0 Å². The Balaban J connectivity index is 1.62. The highest BCUT2D eigenvalue weighted by atomic mass is 32.1. The van der Waals surface area contributed by atoms with E-state index < -0.39 is 46.8 Å². The summed E-state index contributed by atoms with van der Waals surface area (Å²) < 4.78 is 67.7. The molecule has 2 atom stereocenters. The number of anilines is 2. The molecule has 0 bridgehead atoms. The van der Waals surface area contributed by atoms with Gasteiger partial charge < -0.3 is 19.5 Å². The number of halogens is 4. The molecule has 41 heavy (non-hydrogen) atoms. The Morgan fingerprint density at radius 2 is 1.95 bits per heavy atom. The molecule has 9 nitrogen and oxygen atoms in total. The molecule has 3 heterocycles. The van der Waals surface area contributed by atoms with Crippen molar-refractivity contribution in [2.75, 3.05) is 23.0 Å². The smallest absolute Gasteiger partial charge is 0.417 e. The number of rotatable bonds is 5. The van der Waals surface area contributed by atoms with Gasteiger partial charge in [-0.1, -0.05) is 6.92 Å². The van der Waals surface area contributed by atoms with E-state index in [9.17, 15) is 23.1 Å². The summed E-state index contributed by atoms with van der Waals surface area (Å²) in [5.41, 5.74) is -3.43. The minimum absolute atomic E-state index is 0.00448. The number of aromatic nitrogens is 2. The molecule has 0 spiro atoms. The average molecular weight is 590 g/mol. The molecule has 1 N–H and O–H groups in total. The molecule has 2 aliphatic heterocycles. The number of nitrogens with zero attached hydrogens (tertiary/aromatic N) is 5. The molecule has 5 rings (SSSR count). The summed E-state index contributed by atoms with van der Waals surface area (Å²) in [4.78, 5) is 24.5. The first-order valence-electron chi connectivity index (χ1n) is 12.5. The minimum atomic E-state index is -4.85. The number of hydrogen-bond donors (Lipinski definition) is 1. The summed E-state index contributed by atoms with van der Waals surface area (Å²) in [6.07, 6.45) is -6.17. The molecule has 3 aromatic rings. The number of nitriles is 1. The van der Waals surface area contributed by atoms with E-state index >= 15 is 4.39 Å². The lowest BCUT2D eigenvalue weighted by Crippen LogP contribution is -2.44. The maximum atomic E-state index is 15.6. The summed E-state index contributed by atoms with van der Waals surface area (Å²) >= 11 is 5.57. The van der Waals surface area contributed by atoms with Crippen LogP contribution in [0.2, 0.25) is 0 Å². The molecule has 2 aliphatic rings. The second-order valence-corrected chi connectivity index (χ2v) is 10.4. The zero-order valence-electron chi connectivity index (χ0n) is 22.0. The molecule has 0 unspecified atom stereocenters. The van der Waals surface area contributed by atoms with Gasteiger partial charge in [0.1, 0.15) is 23.0 Å². The zero-order valence-corrected chi connectivity index (χ0v) is 22.8. The van der Waals surface area contributed by atoms with Crippen LogP contribution in [-0.4, -0.2) is 57.1 Å². The van der Waals surface area contributed by atoms with Crippen LogP contribution in [-0.2, 0) is 22.1 Å². The van der Waals surface area contributed by atoms with E-state index in [-0.39, 0.29) is 46.5 Å². The monoisotopic (exact) mass is 589 g/mol. The normalized spacial score (nSPS) is 20.7. The molecular weight excluding hydrogens is 566 g/mol. The number of hydrogen-bond acceptors (Lipinski definition) is 8. The fourth-order valence-electron chi connectivity index (χ4n) is 4.81. The number of thiocarbonyl (C=S) groups is 1. The molecule has 14 heteroatoms. The number of benzene rings is 2. The molecule has 0 aliphatic carbocycles. The van der Waals surface area contributed by atoms with Gasteiger partial charge in [0.05, 0.1) is 41.5 Å². The standard InChI is InChI=1S/C27H23F4N5O4S/c1-4-21-33-22-16(23(34-21)40-20-12-39-11-19(20)37)7-15(9-18(22)28)36-25(41)35(24(38)26(36,2)3)14-6-5-13(10-32)17(8-14)27(29,30)31/h5-9,19-20,37H,4,11-12H2,1-3H3/t19-,20-/m0/s1. The Morgan fingerprint density at radius 3 is 2.56 bits per heavy atom. The highest BCUT2D eigenvalue weighted by Gasteiger charge is 2.51. The molecule has 2 aromatic carbocycles. The van der Waals surface area contributed by atoms with Crippen LogP contribution in [0.15, 0.2) is 30.3 Å². The van der Waals surface area contributed by atoms with Gasteiger partial charge in [-0.05, 0) is 56.4 Å². The van der Waals surface area contributed by atoms with Crippen LogP contribution >= 0.6 is 12.2 Å². The topological polar surface area (TPSA) is 112 Å². The maximum absolute atomic E-state index is 15.6. The number of carbonyl (C=O) groups is 1. The van der Waals surface area contributed by atoms with Gasteiger partial charge in [-0.2, -0.15) is 23.4 Å². The van der Waals surface area contributed by atoms with Crippen LogP contribution in [0.5, 0.6) is 5.88 Å². The van der Waals surface area contributed by atoms with E-state index in [4.69, 9.17) is 27.0 Å². The predicted molar refractivity (Wildman–Crippen MR) is 143 cm³/mol. The number of amides is 1. The van der Waals surface area contributed by atoms with Crippen molar-refractivity contribution in [3.05, 3.63) is 53.1 Å². The molecule has 1 aromatic heterocycles. The zero-order chi connectivity index (χ0) is 29.9. The highest BCUT2D eigenvalue weighted by Crippen LogP contribution is 2.41. The van der Waals surface area contributed by atoms with Gasteiger partial charge in [0.2, 0.25) is 5.88 Å². The second kappa shape index (κ2) is 10.2. The van der Waals surface area contributed by atoms with Gasteiger partial charge in [0.25, 0.3) is 5.91 Å². The first-order chi connectivity index (χ1) is 19.3. The number of carbonyl (C=O) groups excluding carboxylic acids is 1. The van der Waals surface area contributed by atoms with Crippen molar-refractivity contribution in [2.24, 2.45) is 0 Å². The van der Waals surface area contributed by atoms with Crippen molar-refractivity contribution in [2.45, 2.75) is 51.1 Å². The lowest BCUT2D eigenvalue weighted by molar-refractivity contribution is -0.137. The van der Waals surface area contributed by atoms with Gasteiger partial charge in [-0.15, -0.1) is 0 Å². The van der Waals surface area contributed by atoms with Gasteiger partial charge in [-0.3, -0.25) is 9.69 Å². The predicted octanol–water partition coefficient (Wildman–Crippen LogP) is 4.28. The van der Waals surface area contributed by atoms with Crippen molar-refractivity contribution in [3.63, 3.8) is 0 Å². The number of aliphatic hydroxyl groups excluding tert-OH is 1. The first-order valence-corrected chi connectivity index (χ1v) is 12.9. The Morgan fingerprint density at radius 1 is 1.22 bits per heavy atom. The van der Waals surface area contributed by atoms with Crippen molar-refractivity contribution in [1.29, 1.82) is 5.26 Å². The lowest BCUT2D eigenvalue weighted by Gasteiger charge is -2.30. The molecule has 0 saturated carbocycles. The number of aliphatic hydroxyl groups is 1. The van der Waals surface area contributed by atoms with Gasteiger partial charge in [0.15, 0.2) is 17.0 Å². The Bertz CT molecular complexity index is 1620. The molecule has 2 fully saturated rings. The first kappa shape index (κ1) is 28.6. The van der Waals surface area contributed by atoms with Crippen molar-refractivity contribution in [3.8, 4) is 11.9 Å². The average Bonchev–Trinajstić information content (AvgIpc) is 3.39. The number of alkyl halides is 3. The maximum Gasteiger partial charge on any atom is 0.417 e. The summed E-state index contributed by atoms with van der Waals surface area (Å²) in [5, 5.41) is 19.3. The summed E-state index contributed by atoms with van der Waals surface area (Å²) in [7, 11) is 0. The van der Waals surface area contributed by atoms with E-state index in [1.54, 1.807) is 6.92 Å². The van der Waals surface area contributed by atoms with Crippen molar-refractivity contribution in [1.82, 2.24) is 9.97 Å². The van der Waals surface area contributed by atoms with Crippen LogP contribution in [0.4, 0.5) is 28.9 Å². The van der Waals surface area contributed by atoms with Gasteiger partial charge in [-0.25, -0.2) is 9.37 Å². The van der Waals surface area contributed by atoms with E-state index in [2.05, 4.69) is 9.97 Å². The van der Waals surface area contributed by atoms with E-state index in [1.165, 1.54) is 36.9 Å². The fourth-order valence-corrected chi connectivity index (χ4v) is 5.33. The van der Waals surface area contributed by atoms with Crippen LogP contribution in [0.25, 0.3) is 10.9 Å². The summed E-state index contributed by atoms with van der Waals surface area (Å²) in [5.74, 6) is -1.15. The van der Waals surface area contributed by atoms with Gasteiger partial charge >= 0.3 is 6.18 Å². The quantitative estimate of drug-likeness (QED) is 0.344. The third kappa shape index (κ3) is 4.83. The van der Waals surface area contributed by atoms with Crippen LogP contribution in [0.1, 0.15) is 37.7 Å².